The quantitative estimate of drug-likeness (QED) is 0.503. The molecule has 0 bridgehead atoms. The van der Waals surface area contributed by atoms with Gasteiger partial charge in [0.05, 0.1) is 12.2 Å². The maximum Gasteiger partial charge on any atom is 0.573 e. The molecule has 7 nitrogen and oxygen atoms in total. The first-order valence-corrected chi connectivity index (χ1v) is 8.60. The first kappa shape index (κ1) is 18.9. The van der Waals surface area contributed by atoms with E-state index >= 15 is 0 Å². The molecule has 0 aliphatic carbocycles. The summed E-state index contributed by atoms with van der Waals surface area (Å²) in [5.74, 6) is -0.374. The van der Waals surface area contributed by atoms with Crippen LogP contribution in [0.25, 0.3) is 16.9 Å². The lowest BCUT2D eigenvalue weighted by Crippen LogP contribution is -2.21. The predicted octanol–water partition coefficient (Wildman–Crippen LogP) is 3.58. The fourth-order valence-corrected chi connectivity index (χ4v) is 2.93. The molecule has 0 atom stereocenters. The molecule has 0 fully saturated rings. The van der Waals surface area contributed by atoms with Crippen LogP contribution in [-0.4, -0.2) is 30.9 Å². The Balaban J connectivity index is 1.67. The number of alkyl halides is 3. The summed E-state index contributed by atoms with van der Waals surface area (Å²) in [6, 6.07) is 12.1. The molecule has 0 N–H and O–H groups in total. The van der Waals surface area contributed by atoms with Crippen LogP contribution in [-0.2, 0) is 6.54 Å². The van der Waals surface area contributed by atoms with Gasteiger partial charge in [-0.2, -0.15) is 4.68 Å². The van der Waals surface area contributed by atoms with Crippen molar-refractivity contribution in [3.8, 4) is 11.4 Å². The molecule has 0 aliphatic rings. The number of fused-ring (bicyclic) bond motifs is 1. The normalized spacial score (nSPS) is 11.7. The summed E-state index contributed by atoms with van der Waals surface area (Å²) < 4.78 is 43.3. The third-order valence-corrected chi connectivity index (χ3v) is 4.41. The Morgan fingerprint density at radius 3 is 2.48 bits per heavy atom. The highest BCUT2D eigenvalue weighted by molar-refractivity contribution is 6.31. The zero-order valence-electron chi connectivity index (χ0n) is 14.5. The molecule has 0 amide bonds. The van der Waals surface area contributed by atoms with Gasteiger partial charge in [0, 0.05) is 5.02 Å². The summed E-state index contributed by atoms with van der Waals surface area (Å²) >= 11 is 6.13. The van der Waals surface area contributed by atoms with Gasteiger partial charge in [-0.15, -0.1) is 18.3 Å². The number of nitrogens with zero attached hydrogens (tertiary/aromatic N) is 5. The van der Waals surface area contributed by atoms with Crippen molar-refractivity contribution >= 4 is 22.8 Å². The molecule has 0 unspecified atom stereocenters. The van der Waals surface area contributed by atoms with Crippen LogP contribution in [0.15, 0.2) is 59.7 Å². The number of ether oxygens (including phenoxy) is 1. The summed E-state index contributed by atoms with van der Waals surface area (Å²) in [5, 5.41) is 8.29. The Labute approximate surface area is 165 Å². The molecule has 0 saturated carbocycles. The van der Waals surface area contributed by atoms with E-state index in [1.165, 1.54) is 27.7 Å². The lowest BCUT2D eigenvalue weighted by atomic mass is 10.2. The highest BCUT2D eigenvalue weighted by Crippen LogP contribution is 2.24. The van der Waals surface area contributed by atoms with Crippen molar-refractivity contribution in [1.29, 1.82) is 0 Å². The molecule has 4 aromatic rings. The van der Waals surface area contributed by atoms with Gasteiger partial charge in [0.1, 0.15) is 12.1 Å². The molecule has 0 saturated heterocycles. The third-order valence-electron chi connectivity index (χ3n) is 4.04. The van der Waals surface area contributed by atoms with E-state index in [-0.39, 0.29) is 23.5 Å². The Morgan fingerprint density at radius 2 is 1.79 bits per heavy atom. The molecule has 148 valence electrons. The highest BCUT2D eigenvalue weighted by atomic mass is 35.5. The van der Waals surface area contributed by atoms with Crippen LogP contribution in [0.2, 0.25) is 5.02 Å². The third kappa shape index (κ3) is 3.92. The van der Waals surface area contributed by atoms with Gasteiger partial charge in [0.15, 0.2) is 11.2 Å². The maximum atomic E-state index is 12.7. The van der Waals surface area contributed by atoms with Crippen molar-refractivity contribution in [2.24, 2.45) is 0 Å². The minimum Gasteiger partial charge on any atom is -0.406 e. The van der Waals surface area contributed by atoms with Gasteiger partial charge in [-0.05, 0) is 35.9 Å². The number of hydrogen-bond donors (Lipinski definition) is 0. The lowest BCUT2D eigenvalue weighted by Gasteiger charge is -2.09. The van der Waals surface area contributed by atoms with Crippen molar-refractivity contribution in [3.63, 3.8) is 0 Å². The number of hydrogen-bond acceptors (Lipinski definition) is 5. The summed E-state index contributed by atoms with van der Waals surface area (Å²) in [6.07, 6.45) is -3.44. The standard InChI is InChI=1S/C18H11ClF3N5O2/c19-14-4-2-1-3-11(14)9-26-10-23-16-15(17(26)28)24-25-27(16)12-5-7-13(8-6-12)29-18(20,21)22/h1-8,10H,9H2. The number of halogens is 4. The maximum absolute atomic E-state index is 12.7. The van der Waals surface area contributed by atoms with Crippen LogP contribution < -0.4 is 10.3 Å². The first-order valence-electron chi connectivity index (χ1n) is 8.22. The lowest BCUT2D eigenvalue weighted by molar-refractivity contribution is -0.274. The first-order chi connectivity index (χ1) is 13.8. The average Bonchev–Trinajstić information content (AvgIpc) is 3.10. The van der Waals surface area contributed by atoms with Crippen LogP contribution in [0.3, 0.4) is 0 Å². The Hall–Kier alpha value is -3.40. The number of benzene rings is 2. The van der Waals surface area contributed by atoms with Crippen molar-refractivity contribution in [1.82, 2.24) is 24.5 Å². The smallest absolute Gasteiger partial charge is 0.406 e. The van der Waals surface area contributed by atoms with Crippen molar-refractivity contribution in [2.75, 3.05) is 0 Å². The SMILES string of the molecule is O=c1c2nnn(-c3ccc(OC(F)(F)F)cc3)c2ncn1Cc1ccccc1Cl. The van der Waals surface area contributed by atoms with E-state index in [1.54, 1.807) is 24.3 Å². The molecule has 2 aromatic heterocycles. The van der Waals surface area contributed by atoms with E-state index in [4.69, 9.17) is 11.6 Å². The largest absolute Gasteiger partial charge is 0.573 e. The Bertz CT molecular complexity index is 1230. The van der Waals surface area contributed by atoms with Gasteiger partial charge in [-0.1, -0.05) is 35.0 Å². The number of rotatable bonds is 4. The Morgan fingerprint density at radius 1 is 1.07 bits per heavy atom. The van der Waals surface area contributed by atoms with Crippen LogP contribution in [0.5, 0.6) is 5.75 Å². The van der Waals surface area contributed by atoms with Gasteiger partial charge in [0.25, 0.3) is 5.56 Å². The topological polar surface area (TPSA) is 74.8 Å². The summed E-state index contributed by atoms with van der Waals surface area (Å²) in [5.41, 5.74) is 0.895. The van der Waals surface area contributed by atoms with E-state index in [2.05, 4.69) is 20.0 Å². The highest BCUT2D eigenvalue weighted by Gasteiger charge is 2.31. The minimum atomic E-state index is -4.78. The van der Waals surface area contributed by atoms with E-state index in [0.717, 1.165) is 17.7 Å². The monoisotopic (exact) mass is 421 g/mol. The zero-order valence-corrected chi connectivity index (χ0v) is 15.2. The molecule has 0 radical (unpaired) electrons. The fraction of sp³-hybridized carbons (Fsp3) is 0.111. The van der Waals surface area contributed by atoms with E-state index in [0.29, 0.717) is 10.7 Å². The molecular weight excluding hydrogens is 411 g/mol. The molecule has 11 heteroatoms. The van der Waals surface area contributed by atoms with Gasteiger partial charge >= 0.3 is 6.36 Å². The van der Waals surface area contributed by atoms with Gasteiger partial charge in [0.2, 0.25) is 0 Å². The van der Waals surface area contributed by atoms with Gasteiger partial charge < -0.3 is 4.74 Å². The number of aromatic nitrogens is 5. The molecule has 0 aliphatic heterocycles. The van der Waals surface area contributed by atoms with E-state index in [9.17, 15) is 18.0 Å². The van der Waals surface area contributed by atoms with Gasteiger partial charge in [-0.25, -0.2) is 4.98 Å². The molecule has 0 spiro atoms. The van der Waals surface area contributed by atoms with Crippen molar-refractivity contribution in [3.05, 3.63) is 75.8 Å². The molecule has 4 rings (SSSR count). The molecule has 2 aromatic carbocycles. The molecular formula is C18H11ClF3N5O2. The van der Waals surface area contributed by atoms with Gasteiger partial charge in [-0.3, -0.25) is 9.36 Å². The van der Waals surface area contributed by atoms with Crippen LogP contribution >= 0.6 is 11.6 Å². The molecule has 2 heterocycles. The van der Waals surface area contributed by atoms with E-state index in [1.807, 2.05) is 0 Å². The second kappa shape index (κ2) is 7.21. The van der Waals surface area contributed by atoms with Crippen molar-refractivity contribution in [2.45, 2.75) is 12.9 Å². The molecule has 29 heavy (non-hydrogen) atoms. The zero-order chi connectivity index (χ0) is 20.6. The summed E-state index contributed by atoms with van der Waals surface area (Å²) in [7, 11) is 0. The summed E-state index contributed by atoms with van der Waals surface area (Å²) in [4.78, 5) is 17.0. The Kier molecular flexibility index (Phi) is 4.71. The van der Waals surface area contributed by atoms with Crippen LogP contribution in [0.1, 0.15) is 5.56 Å². The van der Waals surface area contributed by atoms with Crippen molar-refractivity contribution < 1.29 is 17.9 Å². The predicted molar refractivity (Wildman–Crippen MR) is 98.2 cm³/mol. The van der Waals surface area contributed by atoms with Crippen LogP contribution in [0, 0.1) is 0 Å². The summed E-state index contributed by atoms with van der Waals surface area (Å²) in [6.45, 7) is 0.206. The second-order valence-electron chi connectivity index (χ2n) is 5.98. The average molecular weight is 422 g/mol. The fourth-order valence-electron chi connectivity index (χ4n) is 2.73. The van der Waals surface area contributed by atoms with Crippen LogP contribution in [0.4, 0.5) is 13.2 Å². The van der Waals surface area contributed by atoms with E-state index < -0.39 is 11.9 Å². The minimum absolute atomic E-state index is 0.0233. The second-order valence-corrected chi connectivity index (χ2v) is 6.39.